The summed E-state index contributed by atoms with van der Waals surface area (Å²) in [5.41, 5.74) is 1.07. The second-order valence-corrected chi connectivity index (χ2v) is 8.46. The van der Waals surface area contributed by atoms with Gasteiger partial charge in [-0.3, -0.25) is 4.31 Å². The molecule has 1 aliphatic heterocycles. The van der Waals surface area contributed by atoms with Crippen molar-refractivity contribution in [2.24, 2.45) is 5.92 Å². The molecule has 0 aromatic heterocycles. The molecule has 140 valence electrons. The van der Waals surface area contributed by atoms with Crippen molar-refractivity contribution < 1.29 is 23.7 Å². The van der Waals surface area contributed by atoms with E-state index in [9.17, 15) is 23.7 Å². The van der Waals surface area contributed by atoms with Crippen LogP contribution in [0.5, 0.6) is 17.2 Å². The molecule has 2 aromatic rings. The average molecular weight is 378 g/mol. The molecule has 2 atom stereocenters. The number of aromatic hydroxyl groups is 3. The topological polar surface area (TPSA) is 110 Å². The Morgan fingerprint density at radius 2 is 1.77 bits per heavy atom. The van der Waals surface area contributed by atoms with Crippen LogP contribution in [-0.4, -0.2) is 49.6 Å². The highest BCUT2D eigenvalue weighted by Crippen LogP contribution is 2.36. The summed E-state index contributed by atoms with van der Waals surface area (Å²) >= 11 is 0. The van der Waals surface area contributed by atoms with Crippen LogP contribution in [0.25, 0.3) is 0 Å². The van der Waals surface area contributed by atoms with Gasteiger partial charge in [0.2, 0.25) is 10.0 Å². The molecule has 1 fully saturated rings. The highest BCUT2D eigenvalue weighted by atomic mass is 32.2. The molecule has 0 amide bonds. The summed E-state index contributed by atoms with van der Waals surface area (Å²) < 4.78 is 25.9. The van der Waals surface area contributed by atoms with Crippen LogP contribution >= 0.6 is 0 Å². The number of phenolic OH excluding ortho intramolecular Hbond substituents is 3. The number of rotatable bonds is 5. The van der Waals surface area contributed by atoms with Crippen molar-refractivity contribution in [3.8, 4) is 17.2 Å². The lowest BCUT2D eigenvalue weighted by molar-refractivity contribution is 0.402. The molecule has 3 rings (SSSR count). The van der Waals surface area contributed by atoms with Gasteiger partial charge in [-0.2, -0.15) is 0 Å². The van der Waals surface area contributed by atoms with Crippen molar-refractivity contribution in [3.05, 3.63) is 48.0 Å². The third-order valence-corrected chi connectivity index (χ3v) is 5.86. The first-order valence-corrected chi connectivity index (χ1v) is 10.1. The van der Waals surface area contributed by atoms with E-state index in [1.807, 2.05) is 0 Å². The Hall–Kier alpha value is -2.45. The first kappa shape index (κ1) is 18.3. The largest absolute Gasteiger partial charge is 0.506 e. The first-order valence-electron chi connectivity index (χ1n) is 8.25. The number of nitrogens with one attached hydrogen (secondary N) is 1. The highest BCUT2D eigenvalue weighted by Gasteiger charge is 2.33. The maximum absolute atomic E-state index is 12.3. The molecule has 2 aromatic carbocycles. The van der Waals surface area contributed by atoms with Crippen LogP contribution in [0.3, 0.4) is 0 Å². The number of benzene rings is 2. The van der Waals surface area contributed by atoms with Gasteiger partial charge >= 0.3 is 0 Å². The van der Waals surface area contributed by atoms with Crippen LogP contribution in [0.2, 0.25) is 0 Å². The van der Waals surface area contributed by atoms with Crippen molar-refractivity contribution in [1.82, 2.24) is 5.32 Å². The second-order valence-electron chi connectivity index (χ2n) is 6.56. The van der Waals surface area contributed by atoms with Gasteiger partial charge in [0, 0.05) is 25.6 Å². The molecule has 7 nitrogen and oxygen atoms in total. The molecular formula is C18H22N2O5S. The van der Waals surface area contributed by atoms with Gasteiger partial charge in [0.05, 0.1) is 11.9 Å². The number of sulfonamides is 1. The molecule has 1 saturated heterocycles. The molecule has 0 saturated carbocycles. The fraction of sp³-hybridized carbons (Fsp3) is 0.333. The summed E-state index contributed by atoms with van der Waals surface area (Å²) in [6, 6.07) is 11.0. The maximum Gasteiger partial charge on any atom is 0.232 e. The number of hydrogen-bond acceptors (Lipinski definition) is 6. The summed E-state index contributed by atoms with van der Waals surface area (Å²) in [6.45, 7) is 1.43. The van der Waals surface area contributed by atoms with Crippen molar-refractivity contribution in [1.29, 1.82) is 0 Å². The van der Waals surface area contributed by atoms with Gasteiger partial charge in [-0.05, 0) is 35.7 Å². The van der Waals surface area contributed by atoms with E-state index in [0.29, 0.717) is 13.1 Å². The lowest BCUT2D eigenvalue weighted by Gasteiger charge is -2.28. The zero-order chi connectivity index (χ0) is 18.9. The molecule has 4 N–H and O–H groups in total. The Morgan fingerprint density at radius 1 is 1.04 bits per heavy atom. The van der Waals surface area contributed by atoms with Crippen LogP contribution < -0.4 is 9.62 Å². The standard InChI is InChI=1S/C18H22N2O5S/c1-26(24,25)20(15-4-2-3-5-16(15)21)11-13-9-19-10-14(13)12-6-7-17(22)18(23)8-12/h2-8,13-14,19,21-23H,9-11H2,1H3. The SMILES string of the molecule is CS(=O)(=O)N(CC1CNCC1c1ccc(O)c(O)c1)c1ccccc1O. The van der Waals surface area contributed by atoms with Crippen molar-refractivity contribution in [2.75, 3.05) is 30.2 Å². The van der Waals surface area contributed by atoms with Crippen LogP contribution in [0.1, 0.15) is 11.5 Å². The molecular weight excluding hydrogens is 356 g/mol. The molecule has 2 unspecified atom stereocenters. The van der Waals surface area contributed by atoms with Gasteiger partial charge in [0.25, 0.3) is 0 Å². The third-order valence-electron chi connectivity index (χ3n) is 4.72. The smallest absolute Gasteiger partial charge is 0.232 e. The highest BCUT2D eigenvalue weighted by molar-refractivity contribution is 7.92. The summed E-state index contributed by atoms with van der Waals surface area (Å²) in [4.78, 5) is 0. The van der Waals surface area contributed by atoms with E-state index in [4.69, 9.17) is 0 Å². The van der Waals surface area contributed by atoms with E-state index in [-0.39, 0.29) is 41.3 Å². The number of hydrogen-bond donors (Lipinski definition) is 4. The van der Waals surface area contributed by atoms with E-state index < -0.39 is 10.0 Å². The lowest BCUT2D eigenvalue weighted by atomic mass is 9.88. The Kier molecular flexibility index (Phi) is 4.97. The average Bonchev–Trinajstić information content (AvgIpc) is 3.03. The van der Waals surface area contributed by atoms with Crippen LogP contribution in [-0.2, 0) is 10.0 Å². The van der Waals surface area contributed by atoms with Crippen LogP contribution in [0, 0.1) is 5.92 Å². The molecule has 0 radical (unpaired) electrons. The molecule has 1 heterocycles. The lowest BCUT2D eigenvalue weighted by Crippen LogP contribution is -2.36. The minimum Gasteiger partial charge on any atom is -0.506 e. The van der Waals surface area contributed by atoms with Crippen LogP contribution in [0.4, 0.5) is 5.69 Å². The number of anilines is 1. The second kappa shape index (κ2) is 7.05. The fourth-order valence-electron chi connectivity index (χ4n) is 3.39. The summed E-state index contributed by atoms with van der Waals surface area (Å²) in [7, 11) is -3.59. The van der Waals surface area contributed by atoms with Crippen LogP contribution in [0.15, 0.2) is 42.5 Å². The van der Waals surface area contributed by atoms with E-state index in [1.54, 1.807) is 24.3 Å². The molecule has 0 spiro atoms. The minimum absolute atomic E-state index is 0.0309. The molecule has 26 heavy (non-hydrogen) atoms. The maximum atomic E-state index is 12.3. The van der Waals surface area contributed by atoms with Gasteiger partial charge in [0.15, 0.2) is 11.5 Å². The predicted octanol–water partition coefficient (Wildman–Crippen LogP) is 1.57. The van der Waals surface area contributed by atoms with Gasteiger partial charge in [0.1, 0.15) is 5.75 Å². The molecule has 1 aliphatic rings. The zero-order valence-electron chi connectivity index (χ0n) is 14.3. The van der Waals surface area contributed by atoms with E-state index in [1.165, 1.54) is 22.5 Å². The number of nitrogens with zero attached hydrogens (tertiary/aromatic N) is 1. The van der Waals surface area contributed by atoms with Gasteiger partial charge in [-0.1, -0.05) is 18.2 Å². The summed E-state index contributed by atoms with van der Waals surface area (Å²) in [5, 5.41) is 32.6. The van der Waals surface area contributed by atoms with Crippen molar-refractivity contribution in [3.63, 3.8) is 0 Å². The predicted molar refractivity (Wildman–Crippen MR) is 99.2 cm³/mol. The Morgan fingerprint density at radius 3 is 2.42 bits per heavy atom. The first-order chi connectivity index (χ1) is 12.3. The van der Waals surface area contributed by atoms with Gasteiger partial charge in [-0.15, -0.1) is 0 Å². The van der Waals surface area contributed by atoms with E-state index in [2.05, 4.69) is 5.32 Å². The molecule has 0 bridgehead atoms. The Balaban J connectivity index is 1.91. The Bertz CT molecular complexity index is 900. The van der Waals surface area contributed by atoms with Crippen molar-refractivity contribution >= 4 is 15.7 Å². The summed E-state index contributed by atoms with van der Waals surface area (Å²) in [5.74, 6) is -0.579. The third kappa shape index (κ3) is 3.71. The van der Waals surface area contributed by atoms with E-state index >= 15 is 0 Å². The monoisotopic (exact) mass is 378 g/mol. The normalized spacial score (nSPS) is 20.2. The Labute approximate surface area is 152 Å². The molecule has 8 heteroatoms. The van der Waals surface area contributed by atoms with E-state index in [0.717, 1.165) is 11.8 Å². The van der Waals surface area contributed by atoms with Gasteiger partial charge < -0.3 is 20.6 Å². The zero-order valence-corrected chi connectivity index (χ0v) is 15.1. The van der Waals surface area contributed by atoms with Crippen molar-refractivity contribution in [2.45, 2.75) is 5.92 Å². The summed E-state index contributed by atoms with van der Waals surface area (Å²) in [6.07, 6.45) is 1.11. The number of para-hydroxylation sites is 2. The quantitative estimate of drug-likeness (QED) is 0.588. The van der Waals surface area contributed by atoms with Gasteiger partial charge in [-0.25, -0.2) is 8.42 Å². The minimum atomic E-state index is -3.59. The molecule has 0 aliphatic carbocycles. The number of phenols is 3. The fourth-order valence-corrected chi connectivity index (χ4v) is 4.36.